The van der Waals surface area contributed by atoms with Crippen LogP contribution in [-0.2, 0) is 6.42 Å². The SMILES string of the molecule is CNC(Cc1cncs1)c1csnn1. The Morgan fingerprint density at radius 2 is 2.50 bits per heavy atom. The molecule has 2 heterocycles. The summed E-state index contributed by atoms with van der Waals surface area (Å²) in [5.41, 5.74) is 2.85. The third-order valence-electron chi connectivity index (χ3n) is 1.97. The molecule has 2 aromatic heterocycles. The van der Waals surface area contributed by atoms with Crippen molar-refractivity contribution in [3.63, 3.8) is 0 Å². The summed E-state index contributed by atoms with van der Waals surface area (Å²) in [5, 5.41) is 9.26. The Kier molecular flexibility index (Phi) is 3.18. The van der Waals surface area contributed by atoms with Crippen LogP contribution in [0.4, 0.5) is 0 Å². The molecule has 0 fully saturated rings. The summed E-state index contributed by atoms with van der Waals surface area (Å²) in [4.78, 5) is 5.31. The number of thiazole rings is 1. The first-order chi connectivity index (χ1) is 6.90. The minimum absolute atomic E-state index is 0.245. The molecule has 14 heavy (non-hydrogen) atoms. The van der Waals surface area contributed by atoms with E-state index < -0.39 is 0 Å². The third-order valence-corrected chi connectivity index (χ3v) is 3.30. The van der Waals surface area contributed by atoms with E-state index in [0.717, 1.165) is 12.1 Å². The Bertz CT molecular complexity index is 357. The zero-order valence-corrected chi connectivity index (χ0v) is 9.31. The van der Waals surface area contributed by atoms with Crippen LogP contribution in [0.2, 0.25) is 0 Å². The Balaban J connectivity index is 2.08. The molecule has 0 saturated heterocycles. The van der Waals surface area contributed by atoms with Gasteiger partial charge in [-0.05, 0) is 18.6 Å². The lowest BCUT2D eigenvalue weighted by Gasteiger charge is -2.10. The summed E-state index contributed by atoms with van der Waals surface area (Å²) in [7, 11) is 1.94. The van der Waals surface area contributed by atoms with Crippen LogP contribution in [0.15, 0.2) is 17.1 Å². The molecule has 2 rings (SSSR count). The molecule has 0 aliphatic carbocycles. The van der Waals surface area contributed by atoms with Crippen LogP contribution in [0.1, 0.15) is 16.6 Å². The standard InChI is InChI=1S/C8H10N4S2/c1-9-7(8-4-14-12-11-8)2-6-3-10-5-13-6/h3-5,7,9H,2H2,1H3. The minimum atomic E-state index is 0.245. The molecular formula is C8H10N4S2. The highest BCUT2D eigenvalue weighted by atomic mass is 32.1. The largest absolute Gasteiger partial charge is 0.311 e. The maximum atomic E-state index is 4.06. The molecule has 1 N–H and O–H groups in total. The van der Waals surface area contributed by atoms with Crippen molar-refractivity contribution in [1.82, 2.24) is 19.9 Å². The van der Waals surface area contributed by atoms with Gasteiger partial charge in [0.15, 0.2) is 0 Å². The Hall–Kier alpha value is -0.850. The van der Waals surface area contributed by atoms with Crippen molar-refractivity contribution in [2.45, 2.75) is 12.5 Å². The molecule has 0 bridgehead atoms. The van der Waals surface area contributed by atoms with Crippen LogP contribution in [0.3, 0.4) is 0 Å². The van der Waals surface area contributed by atoms with Gasteiger partial charge in [0.05, 0.1) is 17.2 Å². The number of nitrogens with zero attached hydrogens (tertiary/aromatic N) is 3. The van der Waals surface area contributed by atoms with Gasteiger partial charge in [-0.2, -0.15) is 0 Å². The lowest BCUT2D eigenvalue weighted by molar-refractivity contribution is 0.578. The normalized spacial score (nSPS) is 12.9. The van der Waals surface area contributed by atoms with Crippen LogP contribution in [0.5, 0.6) is 0 Å². The van der Waals surface area contributed by atoms with Crippen molar-refractivity contribution in [3.05, 3.63) is 27.7 Å². The van der Waals surface area contributed by atoms with E-state index in [-0.39, 0.29) is 6.04 Å². The maximum Gasteiger partial charge on any atom is 0.0928 e. The molecular weight excluding hydrogens is 216 g/mol. The summed E-state index contributed by atoms with van der Waals surface area (Å²) >= 11 is 3.05. The molecule has 74 valence electrons. The van der Waals surface area contributed by atoms with E-state index in [4.69, 9.17) is 0 Å². The van der Waals surface area contributed by atoms with Crippen molar-refractivity contribution in [3.8, 4) is 0 Å². The summed E-state index contributed by atoms with van der Waals surface area (Å²) in [6, 6.07) is 0.245. The smallest absolute Gasteiger partial charge is 0.0928 e. The van der Waals surface area contributed by atoms with Gasteiger partial charge in [-0.25, -0.2) is 0 Å². The molecule has 0 amide bonds. The molecule has 6 heteroatoms. The van der Waals surface area contributed by atoms with Crippen LogP contribution in [0, 0.1) is 0 Å². The van der Waals surface area contributed by atoms with Crippen LogP contribution in [0.25, 0.3) is 0 Å². The van der Waals surface area contributed by atoms with Crippen LogP contribution < -0.4 is 5.32 Å². The van der Waals surface area contributed by atoms with Crippen molar-refractivity contribution in [1.29, 1.82) is 0 Å². The summed E-state index contributed by atoms with van der Waals surface area (Å²) in [6.07, 6.45) is 2.82. The van der Waals surface area contributed by atoms with Gasteiger partial charge in [0.2, 0.25) is 0 Å². The second-order valence-corrected chi connectivity index (χ2v) is 4.42. The minimum Gasteiger partial charge on any atom is -0.311 e. The molecule has 0 aliphatic heterocycles. The number of likely N-dealkylation sites (N-methyl/N-ethyl adjacent to an activating group) is 1. The van der Waals surface area contributed by atoms with E-state index in [1.807, 2.05) is 24.1 Å². The number of nitrogens with one attached hydrogen (secondary N) is 1. The average Bonchev–Trinajstić information content (AvgIpc) is 2.86. The van der Waals surface area contributed by atoms with Gasteiger partial charge in [0.1, 0.15) is 0 Å². The number of hydrogen-bond donors (Lipinski definition) is 1. The monoisotopic (exact) mass is 226 g/mol. The first-order valence-corrected chi connectivity index (χ1v) is 5.93. The Morgan fingerprint density at radius 1 is 1.57 bits per heavy atom. The third kappa shape index (κ3) is 2.14. The van der Waals surface area contributed by atoms with E-state index in [1.54, 1.807) is 11.3 Å². The Labute approximate surface area is 90.2 Å². The van der Waals surface area contributed by atoms with Crippen LogP contribution >= 0.6 is 22.9 Å². The lowest BCUT2D eigenvalue weighted by Crippen LogP contribution is -2.18. The van der Waals surface area contributed by atoms with Crippen molar-refractivity contribution < 1.29 is 0 Å². The summed E-state index contributed by atoms with van der Waals surface area (Å²) in [5.74, 6) is 0. The van der Waals surface area contributed by atoms with Gasteiger partial charge < -0.3 is 5.32 Å². The fraction of sp³-hybridized carbons (Fsp3) is 0.375. The van der Waals surface area contributed by atoms with Gasteiger partial charge in [-0.1, -0.05) is 4.49 Å². The van der Waals surface area contributed by atoms with Gasteiger partial charge in [-0.3, -0.25) is 4.98 Å². The average molecular weight is 226 g/mol. The van der Waals surface area contributed by atoms with Gasteiger partial charge in [0.25, 0.3) is 0 Å². The summed E-state index contributed by atoms with van der Waals surface area (Å²) in [6.45, 7) is 0. The van der Waals surface area contributed by atoms with E-state index in [2.05, 4.69) is 19.9 Å². The van der Waals surface area contributed by atoms with E-state index in [0.29, 0.717) is 0 Å². The molecule has 0 aromatic carbocycles. The fourth-order valence-corrected chi connectivity index (χ4v) is 2.37. The molecule has 2 aromatic rings. The second kappa shape index (κ2) is 4.59. The van der Waals surface area contributed by atoms with E-state index in [1.165, 1.54) is 16.4 Å². The molecule has 4 nitrogen and oxygen atoms in total. The fourth-order valence-electron chi connectivity index (χ4n) is 1.22. The first-order valence-electron chi connectivity index (χ1n) is 4.21. The molecule has 0 spiro atoms. The van der Waals surface area contributed by atoms with Gasteiger partial charge in [0, 0.05) is 22.9 Å². The van der Waals surface area contributed by atoms with Crippen molar-refractivity contribution in [2.75, 3.05) is 7.05 Å². The van der Waals surface area contributed by atoms with Crippen molar-refractivity contribution in [2.24, 2.45) is 0 Å². The maximum absolute atomic E-state index is 4.06. The topological polar surface area (TPSA) is 50.7 Å². The van der Waals surface area contributed by atoms with Gasteiger partial charge in [-0.15, -0.1) is 16.4 Å². The zero-order chi connectivity index (χ0) is 9.80. The van der Waals surface area contributed by atoms with E-state index in [9.17, 15) is 0 Å². The predicted octanol–water partition coefficient (Wildman–Crippen LogP) is 1.50. The highest BCUT2D eigenvalue weighted by Crippen LogP contribution is 2.18. The first kappa shape index (κ1) is 9.70. The molecule has 0 saturated carbocycles. The highest BCUT2D eigenvalue weighted by molar-refractivity contribution is 7.09. The molecule has 0 radical (unpaired) electrons. The van der Waals surface area contributed by atoms with Crippen LogP contribution in [-0.4, -0.2) is 21.6 Å². The summed E-state index contributed by atoms with van der Waals surface area (Å²) < 4.78 is 3.86. The zero-order valence-electron chi connectivity index (χ0n) is 7.67. The second-order valence-electron chi connectivity index (χ2n) is 2.84. The molecule has 0 aliphatic rings. The molecule has 1 atom stereocenters. The highest BCUT2D eigenvalue weighted by Gasteiger charge is 2.13. The molecule has 1 unspecified atom stereocenters. The van der Waals surface area contributed by atoms with Crippen molar-refractivity contribution >= 4 is 22.9 Å². The number of hydrogen-bond acceptors (Lipinski definition) is 6. The van der Waals surface area contributed by atoms with E-state index >= 15 is 0 Å². The lowest BCUT2D eigenvalue weighted by atomic mass is 10.1. The predicted molar refractivity (Wildman–Crippen MR) is 57.5 cm³/mol. The quantitative estimate of drug-likeness (QED) is 0.858. The number of aromatic nitrogens is 3. The Morgan fingerprint density at radius 3 is 3.07 bits per heavy atom. The van der Waals surface area contributed by atoms with Gasteiger partial charge >= 0.3 is 0 Å². The number of rotatable bonds is 4.